The van der Waals surface area contributed by atoms with Crippen LogP contribution in [0.5, 0.6) is 5.75 Å². The van der Waals surface area contributed by atoms with Crippen LogP contribution in [0.1, 0.15) is 12.5 Å². The second-order valence-electron chi connectivity index (χ2n) is 5.76. The fourth-order valence-electron chi connectivity index (χ4n) is 2.74. The Morgan fingerprint density at radius 3 is 2.52 bits per heavy atom. The SMILES string of the molecule is COC(=O)[C@H](C)Oc1cc(C)cc2oc(=O)cc(-c3ccccc3)c12. The molecule has 0 N–H and O–H groups in total. The average Bonchev–Trinajstić information content (AvgIpc) is 2.60. The Bertz CT molecular complexity index is 973. The monoisotopic (exact) mass is 338 g/mol. The van der Waals surface area contributed by atoms with E-state index in [0.717, 1.165) is 11.1 Å². The van der Waals surface area contributed by atoms with E-state index in [0.29, 0.717) is 22.3 Å². The van der Waals surface area contributed by atoms with E-state index in [2.05, 4.69) is 0 Å². The maximum absolute atomic E-state index is 12.0. The van der Waals surface area contributed by atoms with Gasteiger partial charge in [0.25, 0.3) is 0 Å². The first-order valence-corrected chi connectivity index (χ1v) is 7.88. The molecule has 0 aliphatic carbocycles. The molecule has 3 rings (SSSR count). The summed E-state index contributed by atoms with van der Waals surface area (Å²) < 4.78 is 15.9. The molecule has 0 saturated heterocycles. The summed E-state index contributed by atoms with van der Waals surface area (Å²) in [6, 6.07) is 14.5. The van der Waals surface area contributed by atoms with Crippen molar-refractivity contribution in [2.45, 2.75) is 20.0 Å². The molecule has 128 valence electrons. The Kier molecular flexibility index (Phi) is 4.57. The van der Waals surface area contributed by atoms with Gasteiger partial charge >= 0.3 is 11.6 Å². The molecule has 0 bridgehead atoms. The van der Waals surface area contributed by atoms with Gasteiger partial charge in [-0.15, -0.1) is 0 Å². The number of carbonyl (C=O) groups is 1. The molecule has 1 heterocycles. The Morgan fingerprint density at radius 2 is 1.84 bits per heavy atom. The standard InChI is InChI=1S/C20H18O5/c1-12-9-16(24-13(2)20(22)23-3)19-15(14-7-5-4-6-8-14)11-18(21)25-17(19)10-12/h4-11,13H,1-3H3/t13-/m0/s1. The van der Waals surface area contributed by atoms with Crippen LogP contribution in [0, 0.1) is 6.92 Å². The molecule has 0 spiro atoms. The molecule has 2 aromatic carbocycles. The molecule has 3 aromatic rings. The molecule has 5 heteroatoms. The van der Waals surface area contributed by atoms with E-state index in [-0.39, 0.29) is 0 Å². The van der Waals surface area contributed by atoms with Gasteiger partial charge in [-0.2, -0.15) is 0 Å². The minimum atomic E-state index is -0.787. The molecule has 0 unspecified atom stereocenters. The Balaban J connectivity index is 2.26. The van der Waals surface area contributed by atoms with Crippen LogP contribution >= 0.6 is 0 Å². The first-order valence-electron chi connectivity index (χ1n) is 7.88. The second kappa shape index (κ2) is 6.81. The molecule has 0 radical (unpaired) electrons. The number of esters is 1. The van der Waals surface area contributed by atoms with E-state index in [1.807, 2.05) is 43.3 Å². The smallest absolute Gasteiger partial charge is 0.346 e. The van der Waals surface area contributed by atoms with Gasteiger partial charge in [-0.05, 0) is 37.1 Å². The minimum absolute atomic E-state index is 0.415. The highest BCUT2D eigenvalue weighted by atomic mass is 16.6. The van der Waals surface area contributed by atoms with Crippen molar-refractivity contribution in [2.75, 3.05) is 7.11 Å². The van der Waals surface area contributed by atoms with Crippen LogP contribution in [0.3, 0.4) is 0 Å². The van der Waals surface area contributed by atoms with Crippen LogP contribution in [0.4, 0.5) is 0 Å². The topological polar surface area (TPSA) is 65.7 Å². The maximum Gasteiger partial charge on any atom is 0.346 e. The summed E-state index contributed by atoms with van der Waals surface area (Å²) in [5, 5.41) is 0.646. The Hall–Kier alpha value is -3.08. The zero-order valence-electron chi connectivity index (χ0n) is 14.2. The molecule has 1 aromatic heterocycles. The lowest BCUT2D eigenvalue weighted by atomic mass is 10.0. The average molecular weight is 338 g/mol. The van der Waals surface area contributed by atoms with Gasteiger partial charge < -0.3 is 13.9 Å². The third-order valence-corrected chi connectivity index (χ3v) is 3.87. The van der Waals surface area contributed by atoms with Gasteiger partial charge in [-0.25, -0.2) is 9.59 Å². The normalized spacial score (nSPS) is 12.0. The van der Waals surface area contributed by atoms with Crippen LogP contribution in [0.2, 0.25) is 0 Å². The predicted octanol–water partition coefficient (Wildman–Crippen LogP) is 3.71. The molecule has 0 amide bonds. The number of fused-ring (bicyclic) bond motifs is 1. The van der Waals surface area contributed by atoms with Crippen LogP contribution < -0.4 is 10.4 Å². The molecular formula is C20H18O5. The zero-order chi connectivity index (χ0) is 18.0. The molecule has 0 aliphatic heterocycles. The summed E-state index contributed by atoms with van der Waals surface area (Å²) in [5.41, 5.74) is 2.38. The Morgan fingerprint density at radius 1 is 1.12 bits per heavy atom. The summed E-state index contributed by atoms with van der Waals surface area (Å²) in [6.45, 7) is 3.48. The number of benzene rings is 2. The lowest BCUT2D eigenvalue weighted by Gasteiger charge is -2.16. The van der Waals surface area contributed by atoms with Crippen molar-refractivity contribution in [3.05, 3.63) is 64.5 Å². The van der Waals surface area contributed by atoms with Crippen molar-refractivity contribution in [3.8, 4) is 16.9 Å². The van der Waals surface area contributed by atoms with E-state index < -0.39 is 17.7 Å². The highest BCUT2D eigenvalue weighted by Crippen LogP contribution is 2.35. The van der Waals surface area contributed by atoms with Crippen molar-refractivity contribution in [1.29, 1.82) is 0 Å². The number of rotatable bonds is 4. The molecule has 0 saturated carbocycles. The van der Waals surface area contributed by atoms with E-state index >= 15 is 0 Å². The largest absolute Gasteiger partial charge is 0.478 e. The van der Waals surface area contributed by atoms with E-state index in [1.54, 1.807) is 13.0 Å². The molecule has 1 atom stereocenters. The Labute approximate surface area is 144 Å². The van der Waals surface area contributed by atoms with Crippen LogP contribution in [0.15, 0.2) is 57.7 Å². The summed E-state index contributed by atoms with van der Waals surface area (Å²) in [7, 11) is 1.31. The van der Waals surface area contributed by atoms with Gasteiger partial charge in [-0.1, -0.05) is 30.3 Å². The summed E-state index contributed by atoms with van der Waals surface area (Å²) in [6.07, 6.45) is -0.787. The molecular weight excluding hydrogens is 320 g/mol. The first-order chi connectivity index (χ1) is 12.0. The lowest BCUT2D eigenvalue weighted by molar-refractivity contribution is -0.147. The molecule has 5 nitrogen and oxygen atoms in total. The third kappa shape index (κ3) is 3.40. The van der Waals surface area contributed by atoms with Crippen molar-refractivity contribution in [2.24, 2.45) is 0 Å². The number of methoxy groups -OCH3 is 1. The van der Waals surface area contributed by atoms with Gasteiger partial charge in [0.2, 0.25) is 0 Å². The van der Waals surface area contributed by atoms with Crippen molar-refractivity contribution < 1.29 is 18.7 Å². The molecule has 0 aliphatic rings. The van der Waals surface area contributed by atoms with Gasteiger partial charge in [0.05, 0.1) is 12.5 Å². The fourth-order valence-corrected chi connectivity index (χ4v) is 2.74. The molecule has 25 heavy (non-hydrogen) atoms. The van der Waals surface area contributed by atoms with Gasteiger partial charge in [0.1, 0.15) is 11.3 Å². The number of hydrogen-bond acceptors (Lipinski definition) is 5. The third-order valence-electron chi connectivity index (χ3n) is 3.87. The van der Waals surface area contributed by atoms with E-state index in [4.69, 9.17) is 13.9 Å². The lowest BCUT2D eigenvalue weighted by Crippen LogP contribution is -2.25. The minimum Gasteiger partial charge on any atom is -0.478 e. The number of hydrogen-bond donors (Lipinski definition) is 0. The van der Waals surface area contributed by atoms with Crippen LogP contribution in [-0.4, -0.2) is 19.2 Å². The molecule has 0 fully saturated rings. The van der Waals surface area contributed by atoms with Gasteiger partial charge in [0, 0.05) is 11.6 Å². The zero-order valence-corrected chi connectivity index (χ0v) is 14.2. The maximum atomic E-state index is 12.0. The summed E-state index contributed by atoms with van der Waals surface area (Å²) in [5.74, 6) is -0.0104. The predicted molar refractivity (Wildman–Crippen MR) is 94.8 cm³/mol. The second-order valence-corrected chi connectivity index (χ2v) is 5.76. The van der Waals surface area contributed by atoms with Crippen LogP contribution in [0.25, 0.3) is 22.1 Å². The number of carbonyl (C=O) groups excluding carboxylic acids is 1. The highest BCUT2D eigenvalue weighted by Gasteiger charge is 2.19. The van der Waals surface area contributed by atoms with Gasteiger partial charge in [0.15, 0.2) is 6.10 Å². The van der Waals surface area contributed by atoms with E-state index in [1.165, 1.54) is 13.2 Å². The summed E-state index contributed by atoms with van der Waals surface area (Å²) in [4.78, 5) is 23.7. The number of aryl methyl sites for hydroxylation is 1. The first kappa shape index (κ1) is 16.8. The highest BCUT2D eigenvalue weighted by molar-refractivity contribution is 5.98. The fraction of sp³-hybridized carbons (Fsp3) is 0.200. The van der Waals surface area contributed by atoms with Crippen LogP contribution in [-0.2, 0) is 9.53 Å². The van der Waals surface area contributed by atoms with Crippen molar-refractivity contribution in [1.82, 2.24) is 0 Å². The quantitative estimate of drug-likeness (QED) is 0.536. The van der Waals surface area contributed by atoms with E-state index in [9.17, 15) is 9.59 Å². The van der Waals surface area contributed by atoms with Crippen molar-refractivity contribution in [3.63, 3.8) is 0 Å². The summed E-state index contributed by atoms with van der Waals surface area (Å²) >= 11 is 0. The number of ether oxygens (including phenoxy) is 2. The van der Waals surface area contributed by atoms with Gasteiger partial charge in [-0.3, -0.25) is 0 Å². The van der Waals surface area contributed by atoms with Crippen molar-refractivity contribution >= 4 is 16.9 Å².